The van der Waals surface area contributed by atoms with Gasteiger partial charge in [-0.15, -0.1) is 0 Å². The van der Waals surface area contributed by atoms with E-state index in [9.17, 15) is 33.6 Å². The van der Waals surface area contributed by atoms with Gasteiger partial charge in [-0.25, -0.2) is 4.79 Å². The van der Waals surface area contributed by atoms with Gasteiger partial charge in [0, 0.05) is 13.0 Å². The van der Waals surface area contributed by atoms with Gasteiger partial charge in [0.05, 0.1) is 17.7 Å². The largest absolute Gasteiger partial charge is 0.444 e. The molecule has 1 saturated heterocycles. The number of primary amides is 1. The first kappa shape index (κ1) is 45.6. The van der Waals surface area contributed by atoms with Gasteiger partial charge in [0.1, 0.15) is 29.8 Å². The Morgan fingerprint density at radius 3 is 1.84 bits per heavy atom. The predicted molar refractivity (Wildman–Crippen MR) is 206 cm³/mol. The molecule has 1 unspecified atom stereocenters. The van der Waals surface area contributed by atoms with Crippen LogP contribution in [0.3, 0.4) is 0 Å². The Kier molecular flexibility index (Phi) is 16.9. The van der Waals surface area contributed by atoms with E-state index in [0.29, 0.717) is 12.8 Å². The molecule has 2 saturated carbocycles. The van der Waals surface area contributed by atoms with Gasteiger partial charge < -0.3 is 41.4 Å². The van der Waals surface area contributed by atoms with Gasteiger partial charge in [0.2, 0.25) is 29.4 Å². The van der Waals surface area contributed by atoms with E-state index in [1.54, 1.807) is 20.8 Å². The number of hydrogen-bond donors (Lipinski definition) is 5. The van der Waals surface area contributed by atoms with Crippen LogP contribution >= 0.6 is 0 Å². The number of Topliss-reactive ketones (excluding diaryl/α,β-unsaturated/α-hetero) is 1. The molecule has 0 radical (unpaired) electrons. The van der Waals surface area contributed by atoms with Gasteiger partial charge in [0.15, 0.2) is 0 Å². The second kappa shape index (κ2) is 20.4. The molecule has 0 aromatic carbocycles. The van der Waals surface area contributed by atoms with Crippen molar-refractivity contribution in [2.24, 2.45) is 17.6 Å². The molecule has 0 aromatic heterocycles. The topological polar surface area (TPSA) is 215 Å². The van der Waals surface area contributed by atoms with Crippen molar-refractivity contribution in [3.05, 3.63) is 0 Å². The lowest BCUT2D eigenvalue weighted by molar-refractivity contribution is -0.144. The van der Waals surface area contributed by atoms with Crippen molar-refractivity contribution in [3.8, 4) is 0 Å². The van der Waals surface area contributed by atoms with E-state index in [-0.39, 0.29) is 31.2 Å². The van der Waals surface area contributed by atoms with Crippen LogP contribution in [-0.2, 0) is 38.2 Å². The first-order valence-electron chi connectivity index (χ1n) is 20.4. The van der Waals surface area contributed by atoms with Crippen LogP contribution in [0.15, 0.2) is 0 Å². The van der Waals surface area contributed by atoms with Crippen molar-refractivity contribution in [2.75, 3.05) is 6.54 Å². The maximum Gasteiger partial charge on any atom is 0.408 e. The van der Waals surface area contributed by atoms with Crippen LogP contribution in [0.1, 0.15) is 145 Å². The summed E-state index contributed by atoms with van der Waals surface area (Å²) in [6.45, 7) is 14.3. The van der Waals surface area contributed by atoms with Gasteiger partial charge in [0.25, 0.3) is 5.91 Å². The number of nitrogens with zero attached hydrogens (tertiary/aromatic N) is 1. The molecule has 0 spiro atoms. The number of hydrogen-bond acceptors (Lipinski definition) is 9. The first-order chi connectivity index (χ1) is 25.7. The van der Waals surface area contributed by atoms with Gasteiger partial charge >= 0.3 is 6.09 Å². The second-order valence-electron chi connectivity index (χ2n) is 17.7. The summed E-state index contributed by atoms with van der Waals surface area (Å²) >= 11 is 0. The Bertz CT molecular complexity index is 1360. The van der Waals surface area contributed by atoms with E-state index in [1.807, 2.05) is 27.7 Å². The number of nitrogens with two attached hydrogens (primary N) is 1. The van der Waals surface area contributed by atoms with Crippen molar-refractivity contribution in [1.29, 1.82) is 0 Å². The molecular weight excluding hydrogens is 708 g/mol. The standard InChI is InChI=1S/C40H68N6O9/c1-9-10-21-28(32(47)36(51)42-24(2)34(49)44-30(33(41)48)25-17-13-11-14-18-25)43-35(50)29-22-27(54-39(3,4)5)23-46(29)37(52)31(26-19-15-12-16-20-26)45-38(53)55-40(6,7)8/h24-31H,9-23H2,1-8H3,(H2,41,48)(H,42,51)(H,43,50)(H,44,49)(H,45,53)/t24-,27+,28?,29-,30-,31-/m0/s1. The maximum atomic E-state index is 14.5. The molecule has 2 aliphatic carbocycles. The zero-order chi connectivity index (χ0) is 41.1. The monoisotopic (exact) mass is 777 g/mol. The smallest absolute Gasteiger partial charge is 0.408 e. The van der Waals surface area contributed by atoms with E-state index >= 15 is 0 Å². The van der Waals surface area contributed by atoms with Crippen molar-refractivity contribution < 1.29 is 43.0 Å². The quantitative estimate of drug-likeness (QED) is 0.145. The predicted octanol–water partition coefficient (Wildman–Crippen LogP) is 3.54. The van der Waals surface area contributed by atoms with Crippen LogP contribution in [0, 0.1) is 11.8 Å². The van der Waals surface area contributed by atoms with Gasteiger partial charge in [-0.3, -0.25) is 28.8 Å². The molecule has 6 atom stereocenters. The number of ketones is 1. The average molecular weight is 777 g/mol. The van der Waals surface area contributed by atoms with Crippen molar-refractivity contribution in [2.45, 2.75) is 193 Å². The third-order valence-corrected chi connectivity index (χ3v) is 10.6. The number of likely N-dealkylation sites (tertiary alicyclic amines) is 1. The van der Waals surface area contributed by atoms with Crippen LogP contribution < -0.4 is 27.0 Å². The third-order valence-electron chi connectivity index (χ3n) is 10.6. The first-order valence-corrected chi connectivity index (χ1v) is 20.4. The molecule has 3 fully saturated rings. The molecule has 3 aliphatic rings. The average Bonchev–Trinajstić information content (AvgIpc) is 3.52. The SMILES string of the molecule is CCCCC(NC(=O)[C@@H]1C[C@@H](OC(C)(C)C)CN1C(=O)[C@@H](NC(=O)OC(C)(C)C)C1CCCCC1)C(=O)C(=O)N[C@@H](C)C(=O)N[C@H](C(N)=O)C1CCCCC1. The van der Waals surface area contributed by atoms with Crippen molar-refractivity contribution in [1.82, 2.24) is 26.2 Å². The van der Waals surface area contributed by atoms with E-state index in [0.717, 1.165) is 64.2 Å². The minimum Gasteiger partial charge on any atom is -0.444 e. The molecule has 6 amide bonds. The Hall–Kier alpha value is -3.75. The highest BCUT2D eigenvalue weighted by atomic mass is 16.6. The number of ether oxygens (including phenoxy) is 2. The molecule has 3 rings (SSSR count). The second-order valence-corrected chi connectivity index (χ2v) is 17.7. The molecule has 15 heteroatoms. The van der Waals surface area contributed by atoms with E-state index in [2.05, 4.69) is 21.3 Å². The number of alkyl carbamates (subject to hydrolysis) is 1. The van der Waals surface area contributed by atoms with E-state index in [1.165, 1.54) is 11.8 Å². The summed E-state index contributed by atoms with van der Waals surface area (Å²) in [5.41, 5.74) is 4.24. The van der Waals surface area contributed by atoms with Gasteiger partial charge in [-0.2, -0.15) is 0 Å². The van der Waals surface area contributed by atoms with E-state index in [4.69, 9.17) is 15.2 Å². The number of carbonyl (C=O) groups is 7. The van der Waals surface area contributed by atoms with E-state index < -0.39 is 88.9 Å². The lowest BCUT2D eigenvalue weighted by Crippen LogP contribution is -2.59. The molecule has 312 valence electrons. The molecule has 15 nitrogen and oxygen atoms in total. The van der Waals surface area contributed by atoms with Crippen LogP contribution in [0.25, 0.3) is 0 Å². The van der Waals surface area contributed by atoms with Crippen molar-refractivity contribution >= 4 is 41.4 Å². The summed E-state index contributed by atoms with van der Waals surface area (Å²) in [4.78, 5) is 95.4. The minimum atomic E-state index is -1.24. The van der Waals surface area contributed by atoms with Crippen LogP contribution in [0.2, 0.25) is 0 Å². The molecule has 55 heavy (non-hydrogen) atoms. The van der Waals surface area contributed by atoms with Gasteiger partial charge in [-0.05, 0) is 92.4 Å². The number of unbranched alkanes of at least 4 members (excludes halogenated alkanes) is 1. The summed E-state index contributed by atoms with van der Waals surface area (Å²) in [7, 11) is 0. The summed E-state index contributed by atoms with van der Waals surface area (Å²) in [5.74, 6) is -4.64. The molecule has 1 heterocycles. The van der Waals surface area contributed by atoms with Gasteiger partial charge in [-0.1, -0.05) is 58.3 Å². The summed E-state index contributed by atoms with van der Waals surface area (Å²) in [6, 6.07) is -5.29. The maximum absolute atomic E-state index is 14.5. The van der Waals surface area contributed by atoms with Crippen LogP contribution in [-0.4, -0.2) is 100 Å². The Labute approximate surface area is 327 Å². The highest BCUT2D eigenvalue weighted by molar-refractivity contribution is 6.38. The third kappa shape index (κ3) is 14.4. The minimum absolute atomic E-state index is 0.0846. The highest BCUT2D eigenvalue weighted by Crippen LogP contribution is 2.32. The highest BCUT2D eigenvalue weighted by Gasteiger charge is 2.46. The van der Waals surface area contributed by atoms with Crippen LogP contribution in [0.5, 0.6) is 0 Å². The summed E-state index contributed by atoms with van der Waals surface area (Å²) in [6.07, 6.45) is 8.91. The molecule has 0 aromatic rings. The zero-order valence-corrected chi connectivity index (χ0v) is 34.4. The fourth-order valence-corrected chi connectivity index (χ4v) is 7.94. The Morgan fingerprint density at radius 1 is 0.764 bits per heavy atom. The number of carbonyl (C=O) groups excluding carboxylic acids is 7. The Balaban J connectivity index is 1.80. The zero-order valence-electron chi connectivity index (χ0n) is 34.4. The normalized spacial score (nSPS) is 22.1. The molecular formula is C40H68N6O9. The lowest BCUT2D eigenvalue weighted by Gasteiger charge is -2.35. The number of rotatable bonds is 16. The lowest BCUT2D eigenvalue weighted by atomic mass is 9.83. The summed E-state index contributed by atoms with van der Waals surface area (Å²) in [5, 5.41) is 10.7. The number of nitrogens with one attached hydrogen (secondary N) is 4. The number of amides is 6. The fraction of sp³-hybridized carbons (Fsp3) is 0.825. The van der Waals surface area contributed by atoms with Crippen LogP contribution in [0.4, 0.5) is 4.79 Å². The van der Waals surface area contributed by atoms with Crippen molar-refractivity contribution in [3.63, 3.8) is 0 Å². The summed E-state index contributed by atoms with van der Waals surface area (Å²) < 4.78 is 11.8. The molecule has 0 bridgehead atoms. The fourth-order valence-electron chi connectivity index (χ4n) is 7.94. The molecule has 1 aliphatic heterocycles. The molecule has 6 N–H and O–H groups in total. The Morgan fingerprint density at radius 2 is 1.33 bits per heavy atom.